The lowest BCUT2D eigenvalue weighted by atomic mass is 10.3. The average molecular weight is 331 g/mol. The van der Waals surface area contributed by atoms with Crippen LogP contribution in [0.4, 0.5) is 0 Å². The largest absolute Gasteiger partial charge is 0.486 e. The molecule has 0 amide bonds. The molecule has 0 fully saturated rings. The van der Waals surface area contributed by atoms with Gasteiger partial charge in [0.2, 0.25) is 0 Å². The number of hydrogen-bond donors (Lipinski definition) is 1. The van der Waals surface area contributed by atoms with Crippen molar-refractivity contribution in [3.63, 3.8) is 0 Å². The summed E-state index contributed by atoms with van der Waals surface area (Å²) in [7, 11) is 0. The molecule has 2 aromatic heterocycles. The molecule has 0 aliphatic heterocycles. The molecule has 0 aliphatic rings. The lowest BCUT2D eigenvalue weighted by Crippen LogP contribution is -2.21. The van der Waals surface area contributed by atoms with Crippen LogP contribution in [0, 0.1) is 0 Å². The summed E-state index contributed by atoms with van der Waals surface area (Å²) in [5.41, 5.74) is 7.26. The monoisotopic (exact) mass is 330 g/mol. The van der Waals surface area contributed by atoms with Crippen molar-refractivity contribution in [1.29, 1.82) is 0 Å². The van der Waals surface area contributed by atoms with Crippen LogP contribution in [0.15, 0.2) is 60.0 Å². The Bertz CT molecular complexity index is 817. The molecular weight excluding hydrogens is 316 g/mol. The number of nitrogens with zero attached hydrogens (tertiary/aromatic N) is 3. The van der Waals surface area contributed by atoms with Crippen LogP contribution in [0.2, 0.25) is 5.02 Å². The van der Waals surface area contributed by atoms with Crippen LogP contribution < -0.4 is 10.5 Å². The van der Waals surface area contributed by atoms with Crippen molar-refractivity contribution >= 4 is 23.1 Å². The van der Waals surface area contributed by atoms with Crippen LogP contribution in [0.1, 0.15) is 5.69 Å². The van der Waals surface area contributed by atoms with Gasteiger partial charge in [0, 0.05) is 12.4 Å². The molecule has 0 saturated carbocycles. The minimum absolute atomic E-state index is 0.158. The first kappa shape index (κ1) is 15.2. The first-order valence-corrected chi connectivity index (χ1v) is 7.34. The van der Waals surface area contributed by atoms with Crippen LogP contribution in [-0.4, -0.2) is 21.8 Å². The SMILES string of the molecule is N/C(COc1ccccc1)=N\OCc1cn2cc(Cl)ccc2n1. The molecule has 118 valence electrons. The fraction of sp³-hybridized carbons (Fsp3) is 0.125. The van der Waals surface area contributed by atoms with Crippen LogP contribution in [0.3, 0.4) is 0 Å². The van der Waals surface area contributed by atoms with Gasteiger partial charge in [-0.2, -0.15) is 0 Å². The predicted molar refractivity (Wildman–Crippen MR) is 88.6 cm³/mol. The van der Waals surface area contributed by atoms with Gasteiger partial charge < -0.3 is 19.7 Å². The average Bonchev–Trinajstić information content (AvgIpc) is 2.95. The van der Waals surface area contributed by atoms with Crippen LogP contribution in [0.5, 0.6) is 5.75 Å². The number of ether oxygens (including phenoxy) is 1. The summed E-state index contributed by atoms with van der Waals surface area (Å²) in [6.07, 6.45) is 3.60. The van der Waals surface area contributed by atoms with Crippen molar-refractivity contribution in [1.82, 2.24) is 9.38 Å². The fourth-order valence-electron chi connectivity index (χ4n) is 1.97. The first-order chi connectivity index (χ1) is 11.2. The van der Waals surface area contributed by atoms with E-state index in [0.29, 0.717) is 5.02 Å². The maximum Gasteiger partial charge on any atom is 0.177 e. The number of pyridine rings is 1. The number of nitrogens with two attached hydrogens (primary N) is 1. The molecule has 23 heavy (non-hydrogen) atoms. The van der Waals surface area contributed by atoms with Crippen molar-refractivity contribution in [2.24, 2.45) is 10.9 Å². The number of benzene rings is 1. The second-order valence-corrected chi connectivity index (χ2v) is 5.24. The van der Waals surface area contributed by atoms with Crippen LogP contribution >= 0.6 is 11.6 Å². The van der Waals surface area contributed by atoms with Crippen LogP contribution in [-0.2, 0) is 11.4 Å². The summed E-state index contributed by atoms with van der Waals surface area (Å²) < 4.78 is 7.29. The molecule has 0 saturated heterocycles. The van der Waals surface area contributed by atoms with E-state index in [1.54, 1.807) is 12.3 Å². The lowest BCUT2D eigenvalue weighted by Gasteiger charge is -2.04. The Morgan fingerprint density at radius 2 is 2.00 bits per heavy atom. The van der Waals surface area contributed by atoms with Gasteiger partial charge in [0.15, 0.2) is 12.4 Å². The Morgan fingerprint density at radius 3 is 2.83 bits per heavy atom. The number of halogens is 1. The van der Waals surface area contributed by atoms with Crippen molar-refractivity contribution in [2.45, 2.75) is 6.61 Å². The van der Waals surface area contributed by atoms with Crippen molar-refractivity contribution < 1.29 is 9.57 Å². The van der Waals surface area contributed by atoms with E-state index in [1.165, 1.54) is 0 Å². The lowest BCUT2D eigenvalue weighted by molar-refractivity contribution is 0.126. The maximum absolute atomic E-state index is 5.93. The second-order valence-electron chi connectivity index (χ2n) is 4.80. The Labute approximate surface area is 138 Å². The number of aromatic nitrogens is 2. The number of hydrogen-bond acceptors (Lipinski definition) is 4. The van der Waals surface area contributed by atoms with Gasteiger partial charge in [-0.15, -0.1) is 0 Å². The van der Waals surface area contributed by atoms with E-state index >= 15 is 0 Å². The minimum Gasteiger partial charge on any atom is -0.486 e. The number of rotatable bonds is 6. The van der Waals surface area contributed by atoms with Gasteiger partial charge in [0.05, 0.1) is 10.7 Å². The third-order valence-electron chi connectivity index (χ3n) is 2.99. The predicted octanol–water partition coefficient (Wildman–Crippen LogP) is 2.86. The van der Waals surface area contributed by atoms with Gasteiger partial charge in [0.1, 0.15) is 18.0 Å². The first-order valence-electron chi connectivity index (χ1n) is 6.96. The third-order valence-corrected chi connectivity index (χ3v) is 3.21. The number of imidazole rings is 1. The Hall–Kier alpha value is -2.73. The minimum atomic E-state index is 0.158. The molecule has 0 unspecified atom stereocenters. The molecule has 0 atom stereocenters. The van der Waals surface area contributed by atoms with Gasteiger partial charge >= 0.3 is 0 Å². The van der Waals surface area contributed by atoms with Crippen molar-refractivity contribution in [2.75, 3.05) is 6.61 Å². The topological polar surface area (TPSA) is 74.1 Å². The Kier molecular flexibility index (Phi) is 4.63. The number of amidine groups is 1. The summed E-state index contributed by atoms with van der Waals surface area (Å²) in [6, 6.07) is 13.0. The second kappa shape index (κ2) is 7.02. The molecule has 0 bridgehead atoms. The zero-order valence-electron chi connectivity index (χ0n) is 12.2. The number of oxime groups is 1. The maximum atomic E-state index is 5.93. The summed E-state index contributed by atoms with van der Waals surface area (Å²) in [4.78, 5) is 9.59. The van der Waals surface area contributed by atoms with Gasteiger partial charge in [0.25, 0.3) is 0 Å². The quantitative estimate of drug-likeness (QED) is 0.428. The molecule has 3 rings (SSSR count). The highest BCUT2D eigenvalue weighted by atomic mass is 35.5. The third kappa shape index (κ3) is 4.14. The van der Waals surface area contributed by atoms with E-state index in [4.69, 9.17) is 26.9 Å². The molecule has 3 aromatic rings. The number of para-hydroxylation sites is 1. The molecular formula is C16H15ClN4O2. The molecule has 6 nitrogen and oxygen atoms in total. The van der Waals surface area contributed by atoms with Crippen molar-refractivity contribution in [3.05, 3.63) is 65.6 Å². The Morgan fingerprint density at radius 1 is 1.17 bits per heavy atom. The van der Waals surface area contributed by atoms with Crippen LogP contribution in [0.25, 0.3) is 5.65 Å². The van der Waals surface area contributed by atoms with E-state index in [1.807, 2.05) is 47.0 Å². The van der Waals surface area contributed by atoms with Gasteiger partial charge in [-0.25, -0.2) is 4.98 Å². The van der Waals surface area contributed by atoms with E-state index in [-0.39, 0.29) is 19.0 Å². The zero-order valence-corrected chi connectivity index (χ0v) is 13.0. The summed E-state index contributed by atoms with van der Waals surface area (Å²) in [6.45, 7) is 0.371. The Balaban J connectivity index is 1.52. The molecule has 2 N–H and O–H groups in total. The highest BCUT2D eigenvalue weighted by Crippen LogP contribution is 2.12. The van der Waals surface area contributed by atoms with Crippen molar-refractivity contribution in [3.8, 4) is 5.75 Å². The van der Waals surface area contributed by atoms with Gasteiger partial charge in [-0.1, -0.05) is 35.0 Å². The normalized spacial score (nSPS) is 11.6. The summed E-state index contributed by atoms with van der Waals surface area (Å²) in [5, 5.41) is 4.46. The summed E-state index contributed by atoms with van der Waals surface area (Å²) >= 11 is 5.93. The highest BCUT2D eigenvalue weighted by Gasteiger charge is 2.03. The molecule has 0 radical (unpaired) electrons. The number of fused-ring (bicyclic) bond motifs is 1. The zero-order chi connectivity index (χ0) is 16.1. The standard InChI is InChI=1S/C16H15ClN4O2/c17-12-6-7-16-19-13(9-21(16)8-12)10-23-20-15(18)11-22-14-4-2-1-3-5-14/h1-9H,10-11H2,(H2,18,20). The smallest absolute Gasteiger partial charge is 0.177 e. The van der Waals surface area contributed by atoms with Gasteiger partial charge in [-0.05, 0) is 24.3 Å². The summed E-state index contributed by atoms with van der Waals surface area (Å²) in [5.74, 6) is 0.976. The van der Waals surface area contributed by atoms with Gasteiger partial charge in [-0.3, -0.25) is 0 Å². The molecule has 0 aliphatic carbocycles. The van der Waals surface area contributed by atoms with E-state index in [9.17, 15) is 0 Å². The molecule has 1 aromatic carbocycles. The van der Waals surface area contributed by atoms with E-state index in [2.05, 4.69) is 10.1 Å². The van der Waals surface area contributed by atoms with E-state index < -0.39 is 0 Å². The molecule has 0 spiro atoms. The molecule has 2 heterocycles. The highest BCUT2D eigenvalue weighted by molar-refractivity contribution is 6.30. The molecule has 7 heteroatoms. The fourth-order valence-corrected chi connectivity index (χ4v) is 2.14. The van der Waals surface area contributed by atoms with E-state index in [0.717, 1.165) is 17.1 Å².